The molecule has 146 valence electrons. The topological polar surface area (TPSA) is 93.8 Å². The molecule has 0 radical (unpaired) electrons. The Labute approximate surface area is 175 Å². The van der Waals surface area contributed by atoms with Crippen LogP contribution in [0, 0.1) is 10.1 Å². The lowest BCUT2D eigenvalue weighted by molar-refractivity contribution is -0.384. The van der Waals surface area contributed by atoms with Gasteiger partial charge in [0.2, 0.25) is 0 Å². The summed E-state index contributed by atoms with van der Waals surface area (Å²) < 4.78 is 6.53. The van der Waals surface area contributed by atoms with Crippen LogP contribution in [0.2, 0.25) is 0 Å². The highest BCUT2D eigenvalue weighted by atomic mass is 79.9. The quantitative estimate of drug-likeness (QED) is 0.318. The largest absolute Gasteiger partial charge is 0.488 e. The maximum atomic E-state index is 12.5. The van der Waals surface area contributed by atoms with Crippen molar-refractivity contribution in [2.45, 2.75) is 6.61 Å². The number of amides is 1. The van der Waals surface area contributed by atoms with Crippen LogP contribution in [-0.4, -0.2) is 17.0 Å². The molecule has 8 heteroatoms. The Bertz CT molecular complexity index is 1040. The zero-order valence-electron chi connectivity index (χ0n) is 15.1. The Balaban J connectivity index is 1.67. The lowest BCUT2D eigenvalue weighted by atomic mass is 10.2. The van der Waals surface area contributed by atoms with E-state index in [0.29, 0.717) is 23.5 Å². The molecule has 0 saturated heterocycles. The lowest BCUT2D eigenvalue weighted by Gasteiger charge is -2.11. The fraction of sp³-hybridized carbons (Fsp3) is 0.0476. The normalized spacial score (nSPS) is 10.7. The number of nitro groups is 1. The monoisotopic (exact) mass is 453 g/mol. The average molecular weight is 454 g/mol. The number of nitrogens with zero attached hydrogens (tertiary/aromatic N) is 2. The molecular weight excluding hydrogens is 438 g/mol. The number of carbonyl (C=O) groups excluding carboxylic acids is 1. The summed E-state index contributed by atoms with van der Waals surface area (Å²) in [4.78, 5) is 22.7. The number of hydrazone groups is 1. The summed E-state index contributed by atoms with van der Waals surface area (Å²) in [6.45, 7) is 0.328. The molecule has 0 heterocycles. The first kappa shape index (κ1) is 20.2. The maximum Gasteiger partial charge on any atom is 0.275 e. The molecule has 0 bridgehead atoms. The van der Waals surface area contributed by atoms with E-state index >= 15 is 0 Å². The fourth-order valence-corrected chi connectivity index (χ4v) is 2.81. The molecule has 3 rings (SSSR count). The van der Waals surface area contributed by atoms with Gasteiger partial charge in [0.25, 0.3) is 11.6 Å². The first-order valence-corrected chi connectivity index (χ1v) is 9.36. The van der Waals surface area contributed by atoms with Crippen molar-refractivity contribution < 1.29 is 14.5 Å². The van der Waals surface area contributed by atoms with Gasteiger partial charge < -0.3 is 4.74 Å². The first-order valence-electron chi connectivity index (χ1n) is 8.57. The zero-order valence-corrected chi connectivity index (χ0v) is 16.7. The van der Waals surface area contributed by atoms with E-state index < -0.39 is 10.8 Å². The predicted molar refractivity (Wildman–Crippen MR) is 113 cm³/mol. The van der Waals surface area contributed by atoms with Gasteiger partial charge in [-0.15, -0.1) is 0 Å². The van der Waals surface area contributed by atoms with Crippen LogP contribution in [-0.2, 0) is 6.61 Å². The third-order valence-corrected chi connectivity index (χ3v) is 4.40. The average Bonchev–Trinajstić information content (AvgIpc) is 2.74. The Morgan fingerprint density at radius 1 is 1.10 bits per heavy atom. The van der Waals surface area contributed by atoms with Gasteiger partial charge in [0.15, 0.2) is 0 Å². The molecule has 7 nitrogen and oxygen atoms in total. The van der Waals surface area contributed by atoms with Gasteiger partial charge in [-0.25, -0.2) is 5.43 Å². The lowest BCUT2D eigenvalue weighted by Crippen LogP contribution is -2.18. The SMILES string of the molecule is O=C(N/N=C\c1ccc([N+](=O)[O-])cc1)c1cc(Br)ccc1OCc1ccccc1. The minimum Gasteiger partial charge on any atom is -0.488 e. The fourth-order valence-electron chi connectivity index (χ4n) is 2.45. The van der Waals surface area contributed by atoms with Crippen molar-refractivity contribution in [2.24, 2.45) is 5.10 Å². The number of rotatable bonds is 7. The second-order valence-electron chi connectivity index (χ2n) is 5.96. The van der Waals surface area contributed by atoms with Gasteiger partial charge in [-0.2, -0.15) is 5.10 Å². The molecule has 0 atom stereocenters. The molecule has 3 aromatic carbocycles. The van der Waals surface area contributed by atoms with Gasteiger partial charge in [0, 0.05) is 16.6 Å². The van der Waals surface area contributed by atoms with Crippen LogP contribution in [0.3, 0.4) is 0 Å². The van der Waals surface area contributed by atoms with Crippen LogP contribution in [0.4, 0.5) is 5.69 Å². The Kier molecular flexibility index (Phi) is 6.70. The van der Waals surface area contributed by atoms with Gasteiger partial charge >= 0.3 is 0 Å². The second-order valence-corrected chi connectivity index (χ2v) is 6.88. The number of hydrogen-bond donors (Lipinski definition) is 1. The third kappa shape index (κ3) is 5.73. The standard InChI is InChI=1S/C21H16BrN3O4/c22-17-8-11-20(29-14-16-4-2-1-3-5-16)19(12-17)21(26)24-23-13-15-6-9-18(10-7-15)25(27)28/h1-13H,14H2,(H,24,26)/b23-13-. The molecule has 1 N–H and O–H groups in total. The molecular formula is C21H16BrN3O4. The van der Waals surface area contributed by atoms with Crippen molar-refractivity contribution in [3.8, 4) is 5.75 Å². The van der Waals surface area contributed by atoms with E-state index in [1.807, 2.05) is 30.3 Å². The number of non-ortho nitro benzene ring substituents is 1. The van der Waals surface area contributed by atoms with Gasteiger partial charge in [-0.05, 0) is 41.5 Å². The summed E-state index contributed by atoms with van der Waals surface area (Å²) >= 11 is 3.35. The van der Waals surface area contributed by atoms with Crippen LogP contribution in [0.15, 0.2) is 82.4 Å². The van der Waals surface area contributed by atoms with E-state index in [-0.39, 0.29) is 5.69 Å². The van der Waals surface area contributed by atoms with Crippen molar-refractivity contribution in [2.75, 3.05) is 0 Å². The second kappa shape index (κ2) is 9.61. The van der Waals surface area contributed by atoms with Gasteiger partial charge in [-0.1, -0.05) is 46.3 Å². The van der Waals surface area contributed by atoms with E-state index in [1.54, 1.807) is 30.3 Å². The summed E-state index contributed by atoms with van der Waals surface area (Å²) in [7, 11) is 0. The predicted octanol–water partition coefficient (Wildman–Crippen LogP) is 4.70. The summed E-state index contributed by atoms with van der Waals surface area (Å²) in [5.41, 5.74) is 4.36. The van der Waals surface area contributed by atoms with Crippen LogP contribution in [0.5, 0.6) is 5.75 Å². The summed E-state index contributed by atoms with van der Waals surface area (Å²) in [6.07, 6.45) is 1.41. The highest BCUT2D eigenvalue weighted by molar-refractivity contribution is 9.10. The molecule has 0 aliphatic heterocycles. The smallest absolute Gasteiger partial charge is 0.275 e. The van der Waals surface area contributed by atoms with E-state index in [1.165, 1.54) is 18.3 Å². The van der Waals surface area contributed by atoms with E-state index in [2.05, 4.69) is 26.5 Å². The van der Waals surface area contributed by atoms with E-state index in [0.717, 1.165) is 10.0 Å². The highest BCUT2D eigenvalue weighted by Gasteiger charge is 2.13. The molecule has 0 aliphatic rings. The number of carbonyl (C=O) groups is 1. The maximum absolute atomic E-state index is 12.5. The highest BCUT2D eigenvalue weighted by Crippen LogP contribution is 2.24. The molecule has 0 aliphatic carbocycles. The number of hydrogen-bond acceptors (Lipinski definition) is 5. The van der Waals surface area contributed by atoms with Gasteiger partial charge in [0.05, 0.1) is 16.7 Å². The van der Waals surface area contributed by atoms with E-state index in [4.69, 9.17) is 4.74 Å². The molecule has 1 amide bonds. The van der Waals surface area contributed by atoms with E-state index in [9.17, 15) is 14.9 Å². The Hall–Kier alpha value is -3.52. The zero-order chi connectivity index (χ0) is 20.6. The minimum absolute atomic E-state index is 0.0134. The molecule has 0 unspecified atom stereocenters. The van der Waals surface area contributed by atoms with Crippen LogP contribution in [0.1, 0.15) is 21.5 Å². The first-order chi connectivity index (χ1) is 14.0. The molecule has 29 heavy (non-hydrogen) atoms. The number of nitrogens with one attached hydrogen (secondary N) is 1. The number of halogens is 1. The van der Waals surface area contributed by atoms with Crippen molar-refractivity contribution >= 4 is 33.7 Å². The van der Waals surface area contributed by atoms with Crippen molar-refractivity contribution in [3.63, 3.8) is 0 Å². The molecule has 3 aromatic rings. The number of ether oxygens (including phenoxy) is 1. The number of nitro benzene ring substituents is 1. The molecule has 0 aromatic heterocycles. The van der Waals surface area contributed by atoms with Crippen LogP contribution in [0.25, 0.3) is 0 Å². The molecule has 0 saturated carbocycles. The summed E-state index contributed by atoms with van der Waals surface area (Å²) in [5, 5.41) is 14.6. The van der Waals surface area contributed by atoms with Gasteiger partial charge in [0.1, 0.15) is 12.4 Å². The summed E-state index contributed by atoms with van der Waals surface area (Å²) in [6, 6.07) is 20.6. The summed E-state index contributed by atoms with van der Waals surface area (Å²) in [5.74, 6) is -0.00684. The third-order valence-electron chi connectivity index (χ3n) is 3.91. The molecule has 0 spiro atoms. The van der Waals surface area contributed by atoms with Crippen molar-refractivity contribution in [1.29, 1.82) is 0 Å². The van der Waals surface area contributed by atoms with Gasteiger partial charge in [-0.3, -0.25) is 14.9 Å². The van der Waals surface area contributed by atoms with Crippen molar-refractivity contribution in [1.82, 2.24) is 5.43 Å². The number of benzene rings is 3. The van der Waals surface area contributed by atoms with Crippen LogP contribution >= 0.6 is 15.9 Å². The Morgan fingerprint density at radius 2 is 1.83 bits per heavy atom. The molecule has 0 fully saturated rings. The van der Waals surface area contributed by atoms with Crippen LogP contribution < -0.4 is 10.2 Å². The van der Waals surface area contributed by atoms with Crippen molar-refractivity contribution in [3.05, 3.63) is 104 Å². The Morgan fingerprint density at radius 3 is 2.52 bits per heavy atom. The minimum atomic E-state index is -0.479.